The molecule has 4 rings (SSSR count). The van der Waals surface area contributed by atoms with E-state index in [2.05, 4.69) is 4.72 Å². The van der Waals surface area contributed by atoms with Gasteiger partial charge < -0.3 is 14.4 Å². The van der Waals surface area contributed by atoms with Crippen molar-refractivity contribution in [2.24, 2.45) is 0 Å². The summed E-state index contributed by atoms with van der Waals surface area (Å²) < 4.78 is 38.8. The van der Waals surface area contributed by atoms with E-state index in [0.29, 0.717) is 17.9 Å². The lowest BCUT2D eigenvalue weighted by molar-refractivity contribution is -0.148. The largest absolute Gasteiger partial charge is 0.475 e. The van der Waals surface area contributed by atoms with Crippen LogP contribution in [0, 0.1) is 0 Å². The van der Waals surface area contributed by atoms with Crippen LogP contribution < -0.4 is 14.4 Å². The van der Waals surface area contributed by atoms with Crippen LogP contribution in [0.5, 0.6) is 5.75 Å². The number of nitrogens with zero attached hydrogens (tertiary/aromatic N) is 1. The summed E-state index contributed by atoms with van der Waals surface area (Å²) in [5, 5.41) is 0. The van der Waals surface area contributed by atoms with Gasteiger partial charge in [0.1, 0.15) is 5.75 Å². The molecule has 1 heterocycles. The minimum Gasteiger partial charge on any atom is -0.475 e. The van der Waals surface area contributed by atoms with E-state index >= 15 is 0 Å². The number of anilines is 1. The molecule has 36 heavy (non-hydrogen) atoms. The van der Waals surface area contributed by atoms with Gasteiger partial charge in [-0.1, -0.05) is 54.6 Å². The first-order chi connectivity index (χ1) is 17.3. The summed E-state index contributed by atoms with van der Waals surface area (Å²) in [6, 6.07) is 22.5. The van der Waals surface area contributed by atoms with Crippen LogP contribution in [0.4, 0.5) is 5.69 Å². The molecule has 1 N–H and O–H groups in total. The number of amides is 1. The van der Waals surface area contributed by atoms with Crippen LogP contribution in [-0.2, 0) is 30.8 Å². The lowest BCUT2D eigenvalue weighted by Crippen LogP contribution is -2.47. The Kier molecular flexibility index (Phi) is 7.71. The Bertz CT molecular complexity index is 1330. The van der Waals surface area contributed by atoms with E-state index in [9.17, 15) is 18.0 Å². The number of fused-ring (bicyclic) bond motifs is 1. The second-order valence-electron chi connectivity index (χ2n) is 8.50. The molecular weight excluding hydrogens is 480 g/mol. The third kappa shape index (κ3) is 5.75. The van der Waals surface area contributed by atoms with E-state index in [1.165, 1.54) is 24.1 Å². The van der Waals surface area contributed by atoms with E-state index in [-0.39, 0.29) is 29.8 Å². The fraction of sp³-hybridized carbons (Fsp3) is 0.259. The maximum atomic E-state index is 13.1. The van der Waals surface area contributed by atoms with Crippen LogP contribution in [0.1, 0.15) is 30.5 Å². The normalized spacial score (nSPS) is 15.9. The van der Waals surface area contributed by atoms with Gasteiger partial charge in [-0.3, -0.25) is 4.79 Å². The number of ether oxygens (including phenoxy) is 2. The Morgan fingerprint density at radius 3 is 2.39 bits per heavy atom. The monoisotopic (exact) mass is 508 g/mol. The molecule has 0 aliphatic carbocycles. The van der Waals surface area contributed by atoms with Crippen LogP contribution in [0.25, 0.3) is 0 Å². The van der Waals surface area contributed by atoms with Gasteiger partial charge in [-0.05, 0) is 48.7 Å². The van der Waals surface area contributed by atoms with Crippen LogP contribution >= 0.6 is 0 Å². The second kappa shape index (κ2) is 10.9. The van der Waals surface area contributed by atoms with E-state index in [1.807, 2.05) is 30.3 Å². The first-order valence-electron chi connectivity index (χ1n) is 11.6. The van der Waals surface area contributed by atoms with Gasteiger partial charge in [0.05, 0.1) is 24.2 Å². The zero-order valence-electron chi connectivity index (χ0n) is 20.1. The Morgan fingerprint density at radius 1 is 1.03 bits per heavy atom. The Morgan fingerprint density at radius 2 is 1.69 bits per heavy atom. The van der Waals surface area contributed by atoms with Gasteiger partial charge in [0.15, 0.2) is 0 Å². The maximum Gasteiger partial charge on any atom is 0.348 e. The third-order valence-corrected chi connectivity index (χ3v) is 7.59. The van der Waals surface area contributed by atoms with Gasteiger partial charge in [-0.2, -0.15) is 0 Å². The summed E-state index contributed by atoms with van der Waals surface area (Å²) in [5.74, 6) is -0.275. The molecule has 8 nitrogen and oxygen atoms in total. The minimum absolute atomic E-state index is 0.0605. The van der Waals surface area contributed by atoms with Gasteiger partial charge in [0.25, 0.3) is 0 Å². The topological polar surface area (TPSA) is 102 Å². The van der Waals surface area contributed by atoms with Crippen molar-refractivity contribution >= 4 is 27.6 Å². The molecule has 0 saturated carbocycles. The number of methoxy groups -OCH3 is 1. The van der Waals surface area contributed by atoms with E-state index < -0.39 is 22.1 Å². The second-order valence-corrected chi connectivity index (χ2v) is 10.2. The van der Waals surface area contributed by atoms with Crippen molar-refractivity contribution in [3.63, 3.8) is 0 Å². The van der Waals surface area contributed by atoms with E-state index in [4.69, 9.17) is 9.47 Å². The Labute approximate surface area is 210 Å². The highest BCUT2D eigenvalue weighted by Gasteiger charge is 2.34. The summed E-state index contributed by atoms with van der Waals surface area (Å²) in [4.78, 5) is 26.8. The van der Waals surface area contributed by atoms with Crippen molar-refractivity contribution in [2.75, 3.05) is 18.6 Å². The van der Waals surface area contributed by atoms with Crippen LogP contribution in [0.15, 0.2) is 83.8 Å². The molecule has 9 heteroatoms. The van der Waals surface area contributed by atoms with E-state index in [1.54, 1.807) is 43.3 Å². The highest BCUT2D eigenvalue weighted by atomic mass is 32.2. The number of nitrogens with one attached hydrogen (secondary N) is 1. The lowest BCUT2D eigenvalue weighted by atomic mass is 10.1. The summed E-state index contributed by atoms with van der Waals surface area (Å²) in [5.41, 5.74) is 2.29. The Hall–Kier alpha value is -3.69. The van der Waals surface area contributed by atoms with Gasteiger partial charge in [-0.15, -0.1) is 0 Å². The first-order valence-corrected chi connectivity index (χ1v) is 13.1. The minimum atomic E-state index is -3.71. The van der Waals surface area contributed by atoms with Crippen molar-refractivity contribution in [1.29, 1.82) is 0 Å². The fourth-order valence-corrected chi connectivity index (χ4v) is 5.29. The summed E-state index contributed by atoms with van der Waals surface area (Å²) in [6.45, 7) is 1.85. The zero-order chi connectivity index (χ0) is 25.7. The molecule has 0 saturated heterocycles. The molecule has 0 bridgehead atoms. The molecular formula is C27H28N2O6S. The fourth-order valence-electron chi connectivity index (χ4n) is 4.06. The predicted octanol–water partition coefficient (Wildman–Crippen LogP) is 3.63. The van der Waals surface area contributed by atoms with Crippen molar-refractivity contribution in [3.8, 4) is 5.75 Å². The number of sulfonamides is 1. The first kappa shape index (κ1) is 25.4. The van der Waals surface area contributed by atoms with Crippen LogP contribution in [0.2, 0.25) is 0 Å². The van der Waals surface area contributed by atoms with Gasteiger partial charge >= 0.3 is 5.97 Å². The number of carbonyl (C=O) groups excluding carboxylic acids is 2. The molecule has 0 aromatic heterocycles. The van der Waals surface area contributed by atoms with Gasteiger partial charge in [0, 0.05) is 12.5 Å². The van der Waals surface area contributed by atoms with Crippen LogP contribution in [-0.4, -0.2) is 40.1 Å². The number of para-hydroxylation sites is 2. The van der Waals surface area contributed by atoms with Gasteiger partial charge in [0.2, 0.25) is 22.0 Å². The molecule has 3 aromatic carbocycles. The molecule has 188 valence electrons. The SMILES string of the molecule is COC(=O)[C@H]1CN(C(=O)CCc2ccc(S(=O)(=O)N[C@@H](C)c3ccccc3)cc2)c2ccccc2O1. The van der Waals surface area contributed by atoms with Crippen LogP contribution in [0.3, 0.4) is 0 Å². The molecule has 0 unspecified atom stereocenters. The molecule has 2 atom stereocenters. The molecule has 3 aromatic rings. The van der Waals surface area contributed by atoms with Crippen molar-refractivity contribution in [2.45, 2.75) is 36.8 Å². The number of esters is 1. The number of carbonyl (C=O) groups is 2. The highest BCUT2D eigenvalue weighted by molar-refractivity contribution is 7.89. The summed E-state index contributed by atoms with van der Waals surface area (Å²) in [7, 11) is -2.43. The number of hydrogen-bond donors (Lipinski definition) is 1. The number of aryl methyl sites for hydroxylation is 1. The molecule has 1 amide bonds. The summed E-state index contributed by atoms with van der Waals surface area (Å²) >= 11 is 0. The average molecular weight is 509 g/mol. The molecule has 1 aliphatic rings. The van der Waals surface area contributed by atoms with Gasteiger partial charge in [-0.25, -0.2) is 17.9 Å². The van der Waals surface area contributed by atoms with E-state index in [0.717, 1.165) is 11.1 Å². The van der Waals surface area contributed by atoms with Crippen molar-refractivity contribution < 1.29 is 27.5 Å². The highest BCUT2D eigenvalue weighted by Crippen LogP contribution is 2.34. The number of rotatable bonds is 8. The van der Waals surface area contributed by atoms with Crippen molar-refractivity contribution in [1.82, 2.24) is 4.72 Å². The maximum absolute atomic E-state index is 13.1. The number of hydrogen-bond acceptors (Lipinski definition) is 6. The molecule has 0 spiro atoms. The third-order valence-electron chi connectivity index (χ3n) is 6.03. The predicted molar refractivity (Wildman–Crippen MR) is 135 cm³/mol. The Balaban J connectivity index is 1.40. The zero-order valence-corrected chi connectivity index (χ0v) is 20.9. The standard InChI is InChI=1S/C27H28N2O6S/c1-19(21-8-4-3-5-9-21)28-36(32,33)22-15-12-20(13-16-22)14-17-26(30)29-18-25(27(31)34-2)35-24-11-7-6-10-23(24)29/h3-13,15-16,19,25,28H,14,17-18H2,1-2H3/t19-,25+/m0/s1. The molecule has 0 fully saturated rings. The average Bonchev–Trinajstić information content (AvgIpc) is 2.91. The smallest absolute Gasteiger partial charge is 0.348 e. The summed E-state index contributed by atoms with van der Waals surface area (Å²) in [6.07, 6.45) is -0.309. The lowest BCUT2D eigenvalue weighted by Gasteiger charge is -2.33. The molecule has 1 aliphatic heterocycles. The molecule has 0 radical (unpaired) electrons. The number of benzene rings is 3. The van der Waals surface area contributed by atoms with Crippen molar-refractivity contribution in [3.05, 3.63) is 90.0 Å². The quantitative estimate of drug-likeness (QED) is 0.467.